The van der Waals surface area contributed by atoms with Crippen molar-refractivity contribution >= 4 is 34.9 Å². The van der Waals surface area contributed by atoms with E-state index in [1.807, 2.05) is 6.07 Å². The van der Waals surface area contributed by atoms with Crippen LogP contribution in [0.2, 0.25) is 0 Å². The number of hydrogen-bond acceptors (Lipinski definition) is 5. The van der Waals surface area contributed by atoms with Crippen LogP contribution < -0.4 is 10.1 Å². The fourth-order valence-electron chi connectivity index (χ4n) is 1.64. The first-order valence-electron chi connectivity index (χ1n) is 5.40. The lowest BCUT2D eigenvalue weighted by Crippen LogP contribution is -2.28. The first-order chi connectivity index (χ1) is 7.90. The highest BCUT2D eigenvalue weighted by atomic mass is 32.2. The molecule has 1 N–H and O–H groups in total. The number of thioether (sulfide) groups is 2. The van der Waals surface area contributed by atoms with Gasteiger partial charge in [-0.1, -0.05) is 0 Å². The quantitative estimate of drug-likeness (QED) is 0.891. The van der Waals surface area contributed by atoms with Crippen LogP contribution in [0.15, 0.2) is 11.4 Å². The van der Waals surface area contributed by atoms with Crippen LogP contribution in [-0.4, -0.2) is 36.2 Å². The summed E-state index contributed by atoms with van der Waals surface area (Å²) in [6, 6.07) is 2.03. The number of nitrogens with one attached hydrogen (secondary N) is 1. The Balaban J connectivity index is 1.71. The lowest BCUT2D eigenvalue weighted by molar-refractivity contribution is 0.410. The Morgan fingerprint density at radius 2 is 2.44 bits per heavy atom. The molecule has 16 heavy (non-hydrogen) atoms. The van der Waals surface area contributed by atoms with Gasteiger partial charge in [0.1, 0.15) is 5.75 Å². The van der Waals surface area contributed by atoms with Gasteiger partial charge < -0.3 is 10.1 Å². The summed E-state index contributed by atoms with van der Waals surface area (Å²) in [7, 11) is 1.74. The Bertz CT molecular complexity index is 310. The molecule has 0 radical (unpaired) electrons. The van der Waals surface area contributed by atoms with E-state index in [4.69, 9.17) is 4.74 Å². The molecule has 5 heteroatoms. The molecule has 0 amide bonds. The van der Waals surface area contributed by atoms with E-state index in [1.165, 1.54) is 22.1 Å². The number of rotatable bonds is 5. The molecule has 2 heterocycles. The second kappa shape index (κ2) is 6.79. The Kier molecular flexibility index (Phi) is 5.35. The molecular formula is C11H17NOS3. The maximum Gasteiger partial charge on any atom is 0.134 e. The zero-order valence-corrected chi connectivity index (χ0v) is 11.9. The minimum absolute atomic E-state index is 0.782. The lowest BCUT2D eigenvalue weighted by Gasteiger charge is -2.21. The molecular weight excluding hydrogens is 258 g/mol. The van der Waals surface area contributed by atoms with Crippen molar-refractivity contribution in [2.24, 2.45) is 0 Å². The maximum atomic E-state index is 5.29. The summed E-state index contributed by atoms with van der Waals surface area (Å²) in [5.74, 6) is 4.93. The summed E-state index contributed by atoms with van der Waals surface area (Å²) < 4.78 is 5.29. The Morgan fingerprint density at radius 1 is 1.50 bits per heavy atom. The molecule has 1 aliphatic heterocycles. The zero-order chi connectivity index (χ0) is 11.2. The minimum Gasteiger partial charge on any atom is -0.496 e. The summed E-state index contributed by atoms with van der Waals surface area (Å²) in [6.45, 7) is 2.04. The van der Waals surface area contributed by atoms with Crippen molar-refractivity contribution in [1.82, 2.24) is 5.32 Å². The number of methoxy groups -OCH3 is 1. The van der Waals surface area contributed by atoms with Gasteiger partial charge >= 0.3 is 0 Å². The molecule has 1 saturated heterocycles. The Morgan fingerprint density at radius 3 is 3.19 bits per heavy atom. The normalized spacial score (nSPS) is 20.9. The number of ether oxygens (including phenoxy) is 1. The van der Waals surface area contributed by atoms with Gasteiger partial charge in [-0.25, -0.2) is 0 Å². The van der Waals surface area contributed by atoms with Crippen molar-refractivity contribution in [2.45, 2.75) is 11.8 Å². The fraction of sp³-hybridized carbons (Fsp3) is 0.636. The van der Waals surface area contributed by atoms with Crippen LogP contribution in [0.1, 0.15) is 4.88 Å². The third-order valence-electron chi connectivity index (χ3n) is 2.47. The molecule has 1 aliphatic rings. The second-order valence-corrected chi connectivity index (χ2v) is 7.17. The van der Waals surface area contributed by atoms with Gasteiger partial charge in [0, 0.05) is 35.6 Å². The molecule has 1 unspecified atom stereocenters. The molecule has 2 rings (SSSR count). The molecule has 0 saturated carbocycles. The minimum atomic E-state index is 0.782. The van der Waals surface area contributed by atoms with E-state index in [0.717, 1.165) is 24.1 Å². The zero-order valence-electron chi connectivity index (χ0n) is 9.40. The molecule has 0 aliphatic carbocycles. The van der Waals surface area contributed by atoms with Crippen molar-refractivity contribution in [3.05, 3.63) is 16.3 Å². The van der Waals surface area contributed by atoms with Gasteiger partial charge in [-0.3, -0.25) is 0 Å². The predicted octanol–water partition coefficient (Wildman–Crippen LogP) is 2.69. The Hall–Kier alpha value is 0.160. The molecule has 2 nitrogen and oxygen atoms in total. The van der Waals surface area contributed by atoms with E-state index in [9.17, 15) is 0 Å². The van der Waals surface area contributed by atoms with Crippen LogP contribution >= 0.6 is 34.9 Å². The molecule has 90 valence electrons. The average molecular weight is 275 g/mol. The lowest BCUT2D eigenvalue weighted by atomic mass is 10.4. The molecule has 1 fully saturated rings. The van der Waals surface area contributed by atoms with Crippen molar-refractivity contribution in [1.29, 1.82) is 0 Å². The largest absolute Gasteiger partial charge is 0.496 e. The van der Waals surface area contributed by atoms with Gasteiger partial charge in [-0.2, -0.15) is 23.5 Å². The topological polar surface area (TPSA) is 21.3 Å². The van der Waals surface area contributed by atoms with Crippen molar-refractivity contribution in [2.75, 3.05) is 30.9 Å². The highest BCUT2D eigenvalue weighted by Gasteiger charge is 2.14. The summed E-state index contributed by atoms with van der Waals surface area (Å²) in [4.78, 5) is 1.30. The van der Waals surface area contributed by atoms with E-state index >= 15 is 0 Å². The van der Waals surface area contributed by atoms with E-state index in [1.54, 1.807) is 18.4 Å². The third kappa shape index (κ3) is 3.58. The van der Waals surface area contributed by atoms with E-state index in [-0.39, 0.29) is 0 Å². The summed E-state index contributed by atoms with van der Waals surface area (Å²) >= 11 is 5.94. The van der Waals surface area contributed by atoms with Crippen LogP contribution in [0, 0.1) is 0 Å². The third-order valence-corrected chi connectivity index (χ3v) is 6.21. The van der Waals surface area contributed by atoms with Gasteiger partial charge in [0.2, 0.25) is 0 Å². The smallest absolute Gasteiger partial charge is 0.134 e. The average Bonchev–Trinajstić information content (AvgIpc) is 2.78. The van der Waals surface area contributed by atoms with Crippen molar-refractivity contribution < 1.29 is 4.74 Å². The summed E-state index contributed by atoms with van der Waals surface area (Å²) in [5, 5.41) is 6.39. The van der Waals surface area contributed by atoms with Gasteiger partial charge in [-0.05, 0) is 11.4 Å². The van der Waals surface area contributed by atoms with Gasteiger partial charge in [-0.15, -0.1) is 11.3 Å². The molecule has 0 spiro atoms. The highest BCUT2D eigenvalue weighted by Crippen LogP contribution is 2.25. The number of thiophene rings is 1. The van der Waals surface area contributed by atoms with E-state index in [0.29, 0.717) is 0 Å². The molecule has 1 atom stereocenters. The first kappa shape index (κ1) is 12.6. The van der Waals surface area contributed by atoms with E-state index in [2.05, 4.69) is 34.2 Å². The van der Waals surface area contributed by atoms with Gasteiger partial charge in [0.25, 0.3) is 0 Å². The molecule has 0 bridgehead atoms. The molecule has 1 aromatic rings. The first-order valence-corrected chi connectivity index (χ1v) is 8.49. The van der Waals surface area contributed by atoms with Crippen molar-refractivity contribution in [3.63, 3.8) is 0 Å². The Labute approximate surface area is 110 Å². The van der Waals surface area contributed by atoms with Crippen LogP contribution in [0.25, 0.3) is 0 Å². The predicted molar refractivity (Wildman–Crippen MR) is 76.1 cm³/mol. The highest BCUT2D eigenvalue weighted by molar-refractivity contribution is 8.06. The van der Waals surface area contributed by atoms with Gasteiger partial charge in [0.05, 0.1) is 12.0 Å². The van der Waals surface area contributed by atoms with Crippen LogP contribution in [0.4, 0.5) is 0 Å². The fourth-order valence-corrected chi connectivity index (χ4v) is 5.10. The number of hydrogen-bond donors (Lipinski definition) is 1. The monoisotopic (exact) mass is 275 g/mol. The summed E-state index contributed by atoms with van der Waals surface area (Å²) in [5.41, 5.74) is 0. The molecule has 0 aromatic carbocycles. The molecule has 1 aromatic heterocycles. The maximum absolute atomic E-state index is 5.29. The standard InChI is InChI=1S/C11H17NOS3/c1-13-10-2-3-16-11(10)7-12-6-9-8-14-4-5-15-9/h2-3,9,12H,4-8H2,1H3. The van der Waals surface area contributed by atoms with Crippen LogP contribution in [0.3, 0.4) is 0 Å². The van der Waals surface area contributed by atoms with E-state index < -0.39 is 0 Å². The van der Waals surface area contributed by atoms with Crippen LogP contribution in [0.5, 0.6) is 5.75 Å². The van der Waals surface area contributed by atoms with Crippen LogP contribution in [-0.2, 0) is 6.54 Å². The summed E-state index contributed by atoms with van der Waals surface area (Å²) in [6.07, 6.45) is 0. The van der Waals surface area contributed by atoms with Gasteiger partial charge in [0.15, 0.2) is 0 Å². The van der Waals surface area contributed by atoms with Crippen molar-refractivity contribution in [3.8, 4) is 5.75 Å². The SMILES string of the molecule is COc1ccsc1CNCC1CSCCS1. The second-order valence-electron chi connectivity index (χ2n) is 3.61.